The van der Waals surface area contributed by atoms with Gasteiger partial charge in [-0.25, -0.2) is 0 Å². The summed E-state index contributed by atoms with van der Waals surface area (Å²) in [7, 11) is 0. The largest absolute Gasteiger partial charge is 0.354 e. The summed E-state index contributed by atoms with van der Waals surface area (Å²) in [5, 5.41) is 8.92. The van der Waals surface area contributed by atoms with Crippen LogP contribution in [0.25, 0.3) is 0 Å². The summed E-state index contributed by atoms with van der Waals surface area (Å²) in [5.74, 6) is 0.0336. The first-order valence-electron chi connectivity index (χ1n) is 8.97. The molecule has 1 N–H and O–H groups in total. The number of nitriles is 1. The van der Waals surface area contributed by atoms with E-state index in [2.05, 4.69) is 11.1 Å². The third kappa shape index (κ3) is 3.28. The van der Waals surface area contributed by atoms with Crippen molar-refractivity contribution in [3.63, 3.8) is 0 Å². The normalized spacial score (nSPS) is 13.4. The van der Waals surface area contributed by atoms with E-state index in [9.17, 15) is 9.59 Å². The van der Waals surface area contributed by atoms with Gasteiger partial charge in [0.1, 0.15) is 5.69 Å². The van der Waals surface area contributed by atoms with Gasteiger partial charge in [-0.15, -0.1) is 0 Å². The number of hydrogen-bond acceptors (Lipinski definition) is 3. The Labute approximate surface area is 153 Å². The van der Waals surface area contributed by atoms with Crippen LogP contribution in [-0.4, -0.2) is 27.6 Å². The van der Waals surface area contributed by atoms with Crippen molar-refractivity contribution in [2.24, 2.45) is 0 Å². The number of carbonyl (C=O) groups excluding carboxylic acids is 2. The van der Waals surface area contributed by atoms with Crippen LogP contribution in [0.4, 0.5) is 0 Å². The molecule has 1 aromatic heterocycles. The van der Waals surface area contributed by atoms with Gasteiger partial charge in [0.25, 0.3) is 5.91 Å². The summed E-state index contributed by atoms with van der Waals surface area (Å²) >= 11 is 0. The minimum atomic E-state index is -0.0935. The molecule has 134 valence electrons. The highest BCUT2D eigenvalue weighted by molar-refractivity contribution is 6.04. The molecule has 5 nitrogen and oxygen atoms in total. The van der Waals surface area contributed by atoms with E-state index < -0.39 is 0 Å². The van der Waals surface area contributed by atoms with Crippen molar-refractivity contribution in [1.29, 1.82) is 5.26 Å². The maximum absolute atomic E-state index is 13.2. The highest BCUT2D eigenvalue weighted by atomic mass is 16.2. The zero-order valence-corrected chi connectivity index (χ0v) is 15.4. The molecule has 0 atom stereocenters. The van der Waals surface area contributed by atoms with Crippen LogP contribution in [0, 0.1) is 18.3 Å². The maximum Gasteiger partial charge on any atom is 0.271 e. The van der Waals surface area contributed by atoms with Gasteiger partial charge in [0, 0.05) is 30.3 Å². The molecule has 1 aromatic carbocycles. The highest BCUT2D eigenvalue weighted by Crippen LogP contribution is 2.28. The lowest BCUT2D eigenvalue weighted by Crippen LogP contribution is -2.37. The summed E-state index contributed by atoms with van der Waals surface area (Å²) in [6.07, 6.45) is 2.20. The summed E-state index contributed by atoms with van der Waals surface area (Å²) in [6, 6.07) is 9.37. The molecule has 0 aliphatic heterocycles. The fraction of sp³-hybridized carbons (Fsp3) is 0.381. The second kappa shape index (κ2) is 7.17. The molecule has 0 unspecified atom stereocenters. The van der Waals surface area contributed by atoms with E-state index in [0.29, 0.717) is 29.8 Å². The van der Waals surface area contributed by atoms with Crippen molar-refractivity contribution < 1.29 is 9.59 Å². The zero-order chi connectivity index (χ0) is 18.8. The van der Waals surface area contributed by atoms with E-state index in [1.165, 1.54) is 0 Å². The van der Waals surface area contributed by atoms with Crippen LogP contribution in [0.3, 0.4) is 0 Å². The van der Waals surface area contributed by atoms with Crippen molar-refractivity contribution in [1.82, 2.24) is 9.88 Å². The molecule has 0 radical (unpaired) electrons. The number of ketones is 1. The molecule has 0 saturated carbocycles. The molecule has 0 spiro atoms. The predicted molar refractivity (Wildman–Crippen MR) is 99.0 cm³/mol. The van der Waals surface area contributed by atoms with Crippen LogP contribution in [0.2, 0.25) is 0 Å². The number of benzene rings is 1. The lowest BCUT2D eigenvalue weighted by atomic mass is 9.93. The van der Waals surface area contributed by atoms with Gasteiger partial charge in [-0.2, -0.15) is 5.26 Å². The summed E-state index contributed by atoms with van der Waals surface area (Å²) < 4.78 is 0. The Bertz CT molecular complexity index is 885. The molecule has 0 fully saturated rings. The lowest BCUT2D eigenvalue weighted by Gasteiger charge is -2.27. The third-order valence-corrected chi connectivity index (χ3v) is 4.97. The number of aryl methyl sites for hydroxylation is 1. The minimum absolute atomic E-state index is 0.00794. The molecule has 1 heterocycles. The van der Waals surface area contributed by atoms with Gasteiger partial charge < -0.3 is 9.88 Å². The predicted octanol–water partition coefficient (Wildman–Crippen LogP) is 3.76. The number of aromatic amines is 1. The van der Waals surface area contributed by atoms with Crippen molar-refractivity contribution in [3.8, 4) is 6.07 Å². The van der Waals surface area contributed by atoms with Gasteiger partial charge in [0.2, 0.25) is 0 Å². The van der Waals surface area contributed by atoms with Gasteiger partial charge >= 0.3 is 0 Å². The number of fused-ring (bicyclic) bond motifs is 1. The molecule has 3 rings (SSSR count). The number of nitrogens with zero attached hydrogens (tertiary/aromatic N) is 2. The number of amides is 1. The van der Waals surface area contributed by atoms with Crippen molar-refractivity contribution >= 4 is 11.7 Å². The first-order chi connectivity index (χ1) is 12.4. The van der Waals surface area contributed by atoms with E-state index >= 15 is 0 Å². The minimum Gasteiger partial charge on any atom is -0.354 e. The number of Topliss-reactive ketones (excluding diaryl/α,β-unsaturated/α-hetero) is 1. The summed E-state index contributed by atoms with van der Waals surface area (Å²) in [5.41, 5.74) is 4.46. The summed E-state index contributed by atoms with van der Waals surface area (Å²) in [6.45, 7) is 6.26. The number of rotatable bonds is 4. The molecule has 1 amide bonds. The molecular weight excluding hydrogens is 326 g/mol. The van der Waals surface area contributed by atoms with Crippen molar-refractivity contribution in [2.45, 2.75) is 52.6 Å². The summed E-state index contributed by atoms with van der Waals surface area (Å²) in [4.78, 5) is 30.4. The number of hydrogen-bond donors (Lipinski definition) is 1. The van der Waals surface area contributed by atoms with Crippen molar-refractivity contribution in [3.05, 3.63) is 57.9 Å². The first-order valence-corrected chi connectivity index (χ1v) is 8.97. The average Bonchev–Trinajstić information content (AvgIpc) is 2.97. The van der Waals surface area contributed by atoms with E-state index in [-0.39, 0.29) is 17.7 Å². The SMILES string of the molecule is Cc1c(C(=O)N(Cc2ccc(C#N)cc2)C(C)C)[nH]c2c1C(=O)CCC2. The molecule has 1 aliphatic rings. The fourth-order valence-electron chi connectivity index (χ4n) is 3.50. The Morgan fingerprint density at radius 2 is 1.96 bits per heavy atom. The van der Waals surface area contributed by atoms with Gasteiger partial charge in [0.05, 0.1) is 11.6 Å². The molecule has 5 heteroatoms. The molecule has 0 saturated heterocycles. The first kappa shape index (κ1) is 17.9. The number of carbonyl (C=O) groups is 2. The van der Waals surface area contributed by atoms with Crippen molar-refractivity contribution in [2.75, 3.05) is 0 Å². The monoisotopic (exact) mass is 349 g/mol. The molecule has 0 bridgehead atoms. The van der Waals surface area contributed by atoms with Crippen LogP contribution < -0.4 is 0 Å². The average molecular weight is 349 g/mol. The van der Waals surface area contributed by atoms with Gasteiger partial charge in [-0.05, 0) is 56.9 Å². The Morgan fingerprint density at radius 1 is 1.27 bits per heavy atom. The zero-order valence-electron chi connectivity index (χ0n) is 15.4. The number of aromatic nitrogens is 1. The topological polar surface area (TPSA) is 77.0 Å². The standard InChI is InChI=1S/C21H23N3O2/c1-13(2)24(12-16-9-7-15(11-22)8-10-16)21(26)20-14(3)19-17(23-20)5-4-6-18(19)25/h7-10,13,23H,4-6,12H2,1-3H3. The molecule has 1 aliphatic carbocycles. The van der Waals surface area contributed by atoms with Crippen LogP contribution in [0.5, 0.6) is 0 Å². The van der Waals surface area contributed by atoms with E-state index in [4.69, 9.17) is 5.26 Å². The Balaban J connectivity index is 1.90. The lowest BCUT2D eigenvalue weighted by molar-refractivity contribution is 0.0684. The van der Waals surface area contributed by atoms with Crippen LogP contribution in [-0.2, 0) is 13.0 Å². The fourth-order valence-corrected chi connectivity index (χ4v) is 3.50. The van der Waals surface area contributed by atoms with Gasteiger partial charge in [-0.1, -0.05) is 12.1 Å². The number of H-pyrrole nitrogens is 1. The second-order valence-corrected chi connectivity index (χ2v) is 7.09. The highest BCUT2D eigenvalue weighted by Gasteiger charge is 2.29. The Hall–Kier alpha value is -2.87. The number of nitrogens with one attached hydrogen (secondary N) is 1. The Kier molecular flexibility index (Phi) is 4.94. The smallest absolute Gasteiger partial charge is 0.271 e. The van der Waals surface area contributed by atoms with E-state index in [0.717, 1.165) is 29.7 Å². The van der Waals surface area contributed by atoms with E-state index in [1.54, 1.807) is 17.0 Å². The van der Waals surface area contributed by atoms with Gasteiger partial charge in [0.15, 0.2) is 5.78 Å². The quantitative estimate of drug-likeness (QED) is 0.913. The molecule has 2 aromatic rings. The maximum atomic E-state index is 13.2. The van der Waals surface area contributed by atoms with Crippen LogP contribution in [0.1, 0.15) is 69.9 Å². The van der Waals surface area contributed by atoms with E-state index in [1.807, 2.05) is 32.9 Å². The Morgan fingerprint density at radius 3 is 2.54 bits per heavy atom. The second-order valence-electron chi connectivity index (χ2n) is 7.09. The van der Waals surface area contributed by atoms with Crippen LogP contribution >= 0.6 is 0 Å². The van der Waals surface area contributed by atoms with Crippen LogP contribution in [0.15, 0.2) is 24.3 Å². The molecular formula is C21H23N3O2. The third-order valence-electron chi connectivity index (χ3n) is 4.97. The van der Waals surface area contributed by atoms with Gasteiger partial charge in [-0.3, -0.25) is 9.59 Å². The molecule has 26 heavy (non-hydrogen) atoms.